The van der Waals surface area contributed by atoms with E-state index < -0.39 is 15.6 Å². The van der Waals surface area contributed by atoms with Crippen molar-refractivity contribution in [1.82, 2.24) is 24.1 Å². The number of aromatic amines is 1. The highest BCUT2D eigenvalue weighted by Gasteiger charge is 2.49. The van der Waals surface area contributed by atoms with Crippen molar-refractivity contribution >= 4 is 42.7 Å². The van der Waals surface area contributed by atoms with Crippen LogP contribution in [0.25, 0.3) is 32.7 Å². The summed E-state index contributed by atoms with van der Waals surface area (Å²) in [5.41, 5.74) is 0.603. The average Bonchev–Trinajstić information content (AvgIpc) is 3.25. The number of H-pyrrole nitrogens is 1. The van der Waals surface area contributed by atoms with Gasteiger partial charge in [0.05, 0.1) is 22.9 Å². The summed E-state index contributed by atoms with van der Waals surface area (Å²) in [6, 6.07) is 1.93. The fourth-order valence-corrected chi connectivity index (χ4v) is 5.44. The van der Waals surface area contributed by atoms with Crippen molar-refractivity contribution in [3.8, 4) is 0 Å². The molecule has 1 aliphatic rings. The molecule has 9 heteroatoms. The molecule has 1 aliphatic heterocycles. The third-order valence-corrected chi connectivity index (χ3v) is 7.67. The predicted molar refractivity (Wildman–Crippen MR) is 104 cm³/mol. The highest BCUT2D eigenvalue weighted by atomic mass is 32.2. The minimum atomic E-state index is -3.25. The molecule has 1 fully saturated rings. The maximum Gasteiger partial charge on any atom is 0.214 e. The zero-order valence-electron chi connectivity index (χ0n) is 15.1. The van der Waals surface area contributed by atoms with Gasteiger partial charge in [-0.25, -0.2) is 13.4 Å². The van der Waals surface area contributed by atoms with Gasteiger partial charge in [0.25, 0.3) is 0 Å². The van der Waals surface area contributed by atoms with Gasteiger partial charge in [0.2, 0.25) is 15.5 Å². The van der Waals surface area contributed by atoms with E-state index >= 15 is 0 Å². The van der Waals surface area contributed by atoms with E-state index in [2.05, 4.69) is 15.1 Å². The van der Waals surface area contributed by atoms with Crippen LogP contribution in [0, 0.1) is 0 Å². The first-order chi connectivity index (χ1) is 12.9. The summed E-state index contributed by atoms with van der Waals surface area (Å²) in [4.78, 5) is 20.6. The summed E-state index contributed by atoms with van der Waals surface area (Å²) in [7, 11) is -3.25. The van der Waals surface area contributed by atoms with Gasteiger partial charge in [-0.15, -0.1) is 0 Å². The molecule has 0 bridgehead atoms. The van der Waals surface area contributed by atoms with Crippen molar-refractivity contribution in [3.05, 3.63) is 34.9 Å². The predicted octanol–water partition coefficient (Wildman–Crippen LogP) is 1.63. The first-order valence-corrected chi connectivity index (χ1v) is 10.6. The molecular formula is C18H19N5O3S. The standard InChI is InChI=1S/C18H19N5O3S/c1-3-18(9-22(10-18)27(25,26)4-2)23-15-12(8-21-23)11-5-6-19-17-14(11)13(7-20-17)16(15)24/h5-8H,3-4,9-10H2,1-2H3,(H,19,20). The largest absolute Gasteiger partial charge is 0.346 e. The molecule has 0 amide bonds. The molecule has 27 heavy (non-hydrogen) atoms. The Kier molecular flexibility index (Phi) is 3.24. The summed E-state index contributed by atoms with van der Waals surface area (Å²) < 4.78 is 27.6. The van der Waals surface area contributed by atoms with Gasteiger partial charge in [-0.2, -0.15) is 9.40 Å². The van der Waals surface area contributed by atoms with Crippen LogP contribution in [0.3, 0.4) is 0 Å². The zero-order valence-corrected chi connectivity index (χ0v) is 15.9. The lowest BCUT2D eigenvalue weighted by Crippen LogP contribution is -2.64. The van der Waals surface area contributed by atoms with E-state index in [-0.39, 0.29) is 11.2 Å². The second kappa shape index (κ2) is 5.26. The van der Waals surface area contributed by atoms with Crippen LogP contribution >= 0.6 is 0 Å². The van der Waals surface area contributed by atoms with Crippen molar-refractivity contribution in [1.29, 1.82) is 0 Å². The van der Waals surface area contributed by atoms with Crippen LogP contribution in [-0.2, 0) is 15.6 Å². The number of hydrogen-bond donors (Lipinski definition) is 1. The summed E-state index contributed by atoms with van der Waals surface area (Å²) in [6.45, 7) is 4.32. The van der Waals surface area contributed by atoms with Crippen molar-refractivity contribution in [2.45, 2.75) is 25.8 Å². The first kappa shape index (κ1) is 16.6. The van der Waals surface area contributed by atoms with Gasteiger partial charge in [0.1, 0.15) is 11.2 Å². The summed E-state index contributed by atoms with van der Waals surface area (Å²) in [6.07, 6.45) is 5.81. The quantitative estimate of drug-likeness (QED) is 0.575. The summed E-state index contributed by atoms with van der Waals surface area (Å²) in [5, 5.41) is 7.65. The lowest BCUT2D eigenvalue weighted by molar-refractivity contribution is 0.0677. The van der Waals surface area contributed by atoms with Crippen LogP contribution in [-0.4, -0.2) is 51.3 Å². The van der Waals surface area contributed by atoms with Gasteiger partial charge in [-0.3, -0.25) is 9.48 Å². The number of benzene rings is 1. The lowest BCUT2D eigenvalue weighted by atomic mass is 9.89. The second-order valence-corrected chi connectivity index (χ2v) is 9.44. The molecule has 8 nitrogen and oxygen atoms in total. The number of hydrogen-bond acceptors (Lipinski definition) is 5. The molecule has 1 N–H and O–H groups in total. The summed E-state index contributed by atoms with van der Waals surface area (Å²) in [5.74, 6) is 0.0734. The van der Waals surface area contributed by atoms with E-state index in [4.69, 9.17) is 0 Å². The fraction of sp³-hybridized carbons (Fsp3) is 0.389. The smallest absolute Gasteiger partial charge is 0.214 e. The number of pyridine rings is 1. The van der Waals surface area contributed by atoms with E-state index in [1.807, 2.05) is 13.0 Å². The average molecular weight is 385 g/mol. The highest BCUT2D eigenvalue weighted by molar-refractivity contribution is 7.89. The SMILES string of the molecule is CCC1(n2ncc3c4cc[nH]c5ncc(c(=O)c32)c54)CN(S(=O)(=O)CC)C1. The van der Waals surface area contributed by atoms with E-state index in [0.717, 1.165) is 16.2 Å². The Balaban J connectivity index is 1.76. The minimum Gasteiger partial charge on any atom is -0.346 e. The monoisotopic (exact) mass is 385 g/mol. The summed E-state index contributed by atoms with van der Waals surface area (Å²) >= 11 is 0. The molecule has 0 spiro atoms. The Morgan fingerprint density at radius 2 is 1.96 bits per heavy atom. The molecule has 140 valence electrons. The maximum absolute atomic E-state index is 13.2. The Morgan fingerprint density at radius 3 is 2.67 bits per heavy atom. The van der Waals surface area contributed by atoms with Gasteiger partial charge in [0, 0.05) is 36.3 Å². The third-order valence-electron chi connectivity index (χ3n) is 5.89. The van der Waals surface area contributed by atoms with E-state index in [9.17, 15) is 13.2 Å². The molecule has 4 heterocycles. The molecular weight excluding hydrogens is 366 g/mol. The van der Waals surface area contributed by atoms with Crippen molar-refractivity contribution in [2.75, 3.05) is 18.8 Å². The number of nitrogens with zero attached hydrogens (tertiary/aromatic N) is 4. The third kappa shape index (κ3) is 2.01. The Labute approximate surface area is 155 Å². The molecule has 0 aliphatic carbocycles. The Hall–Kier alpha value is -2.52. The van der Waals surface area contributed by atoms with Gasteiger partial charge in [-0.1, -0.05) is 6.92 Å². The van der Waals surface area contributed by atoms with Crippen LogP contribution in [0.2, 0.25) is 0 Å². The second-order valence-electron chi connectivity index (χ2n) is 7.18. The Morgan fingerprint density at radius 1 is 1.19 bits per heavy atom. The Bertz CT molecular complexity index is 1350. The zero-order chi connectivity index (χ0) is 19.0. The maximum atomic E-state index is 13.2. The van der Waals surface area contributed by atoms with Crippen LogP contribution in [0.1, 0.15) is 20.3 Å². The number of rotatable bonds is 4. The van der Waals surface area contributed by atoms with Crippen molar-refractivity contribution in [2.24, 2.45) is 0 Å². The number of nitrogens with one attached hydrogen (secondary N) is 1. The molecule has 0 atom stereocenters. The first-order valence-electron chi connectivity index (χ1n) is 8.99. The van der Waals surface area contributed by atoms with Crippen LogP contribution in [0.4, 0.5) is 0 Å². The van der Waals surface area contributed by atoms with Crippen LogP contribution in [0.5, 0.6) is 0 Å². The van der Waals surface area contributed by atoms with Gasteiger partial charge >= 0.3 is 0 Å². The topological polar surface area (TPSA) is 101 Å². The van der Waals surface area contributed by atoms with Crippen molar-refractivity contribution in [3.63, 3.8) is 0 Å². The van der Waals surface area contributed by atoms with Crippen molar-refractivity contribution < 1.29 is 8.42 Å². The molecule has 0 saturated carbocycles. The molecule has 3 aromatic heterocycles. The molecule has 5 rings (SSSR count). The molecule has 0 radical (unpaired) electrons. The fourth-order valence-electron chi connectivity index (χ4n) is 4.20. The van der Waals surface area contributed by atoms with Crippen LogP contribution in [0.15, 0.2) is 29.5 Å². The van der Waals surface area contributed by atoms with E-state index in [1.54, 1.807) is 30.2 Å². The molecule has 1 saturated heterocycles. The van der Waals surface area contributed by atoms with Gasteiger partial charge < -0.3 is 4.98 Å². The molecule has 4 aromatic rings. The minimum absolute atomic E-state index is 0.0734. The van der Waals surface area contributed by atoms with E-state index in [0.29, 0.717) is 36.1 Å². The number of sulfonamides is 1. The highest BCUT2D eigenvalue weighted by Crippen LogP contribution is 2.38. The van der Waals surface area contributed by atoms with Crippen LogP contribution < -0.4 is 5.43 Å². The normalized spacial score (nSPS) is 17.9. The number of aromatic nitrogens is 4. The lowest BCUT2D eigenvalue weighted by Gasteiger charge is -2.48. The molecule has 1 aromatic carbocycles. The molecule has 0 unspecified atom stereocenters. The van der Waals surface area contributed by atoms with E-state index in [1.165, 1.54) is 4.31 Å². The number of fused-ring (bicyclic) bond motifs is 2. The van der Waals surface area contributed by atoms with Gasteiger partial charge in [-0.05, 0) is 24.8 Å². The van der Waals surface area contributed by atoms with Gasteiger partial charge in [0.15, 0.2) is 0 Å².